The van der Waals surface area contributed by atoms with Crippen LogP contribution in [0.1, 0.15) is 15.4 Å². The molecule has 2 aromatic rings. The molecule has 0 unspecified atom stereocenters. The fraction of sp³-hybridized carbons (Fsp3) is 0.100. The molecule has 0 aliphatic rings. The van der Waals surface area contributed by atoms with Gasteiger partial charge in [0.15, 0.2) is 5.69 Å². The Bertz CT molecular complexity index is 493. The first-order valence-corrected chi connectivity index (χ1v) is 5.11. The third-order valence-electron chi connectivity index (χ3n) is 1.91. The number of nitrogens with zero attached hydrogens (tertiary/aromatic N) is 2. The van der Waals surface area contributed by atoms with Crippen LogP contribution in [-0.4, -0.2) is 21.0 Å². The van der Waals surface area contributed by atoms with Gasteiger partial charge >= 0.3 is 5.97 Å². The van der Waals surface area contributed by atoms with Gasteiger partial charge in [-0.25, -0.2) is 9.78 Å². The fourth-order valence-corrected chi connectivity index (χ4v) is 2.10. The number of rotatable bonds is 2. The summed E-state index contributed by atoms with van der Waals surface area (Å²) in [4.78, 5) is 19.5. The standard InChI is InChI=1S/C10H8N2O2S/c1-6-8(10(13)14)12-9(15-6)7-3-2-4-11-5-7/h2-5H,1H3,(H,13,14). The molecule has 0 radical (unpaired) electrons. The first-order valence-electron chi connectivity index (χ1n) is 4.29. The molecule has 0 bridgehead atoms. The van der Waals surface area contributed by atoms with E-state index in [0.29, 0.717) is 9.88 Å². The maximum atomic E-state index is 10.8. The van der Waals surface area contributed by atoms with E-state index in [9.17, 15) is 4.79 Å². The van der Waals surface area contributed by atoms with E-state index in [4.69, 9.17) is 5.11 Å². The number of thiazole rings is 1. The summed E-state index contributed by atoms with van der Waals surface area (Å²) in [5.41, 5.74) is 0.969. The molecule has 2 aromatic heterocycles. The molecule has 0 aliphatic heterocycles. The van der Waals surface area contributed by atoms with E-state index in [1.165, 1.54) is 11.3 Å². The van der Waals surface area contributed by atoms with Crippen molar-refractivity contribution in [3.05, 3.63) is 35.1 Å². The minimum atomic E-state index is -0.987. The van der Waals surface area contributed by atoms with Crippen LogP contribution < -0.4 is 0 Å². The van der Waals surface area contributed by atoms with Crippen LogP contribution in [0, 0.1) is 6.92 Å². The fourth-order valence-electron chi connectivity index (χ4n) is 1.21. The third-order valence-corrected chi connectivity index (χ3v) is 2.93. The van der Waals surface area contributed by atoms with E-state index in [-0.39, 0.29) is 5.69 Å². The van der Waals surface area contributed by atoms with Crippen LogP contribution in [0.25, 0.3) is 10.6 Å². The van der Waals surface area contributed by atoms with Crippen molar-refractivity contribution < 1.29 is 9.90 Å². The summed E-state index contributed by atoms with van der Waals surface area (Å²) in [5.74, 6) is -0.987. The lowest BCUT2D eigenvalue weighted by Gasteiger charge is -1.91. The van der Waals surface area contributed by atoms with E-state index in [1.807, 2.05) is 6.07 Å². The lowest BCUT2D eigenvalue weighted by molar-refractivity contribution is 0.0690. The number of carboxylic acid groups (broad SMARTS) is 1. The number of hydrogen-bond acceptors (Lipinski definition) is 4. The molecule has 0 spiro atoms. The van der Waals surface area contributed by atoms with E-state index < -0.39 is 5.97 Å². The molecule has 0 saturated carbocycles. The molecule has 2 heterocycles. The molecule has 2 rings (SSSR count). The van der Waals surface area contributed by atoms with Gasteiger partial charge in [0.25, 0.3) is 0 Å². The summed E-state index contributed by atoms with van der Waals surface area (Å²) in [6.07, 6.45) is 3.34. The zero-order valence-corrected chi connectivity index (χ0v) is 8.78. The van der Waals surface area contributed by atoms with Gasteiger partial charge in [-0.2, -0.15) is 0 Å². The van der Waals surface area contributed by atoms with Crippen molar-refractivity contribution >= 4 is 17.3 Å². The summed E-state index contributed by atoms with van der Waals surface area (Å²) >= 11 is 1.36. The van der Waals surface area contributed by atoms with Gasteiger partial charge in [0.1, 0.15) is 5.01 Å². The number of aromatic nitrogens is 2. The molecule has 0 aromatic carbocycles. The van der Waals surface area contributed by atoms with Crippen LogP contribution in [0.3, 0.4) is 0 Å². The number of pyridine rings is 1. The van der Waals surface area contributed by atoms with Gasteiger partial charge in [-0.3, -0.25) is 4.98 Å². The van der Waals surface area contributed by atoms with Gasteiger partial charge in [0.2, 0.25) is 0 Å². The van der Waals surface area contributed by atoms with Gasteiger partial charge in [-0.1, -0.05) is 0 Å². The molecule has 1 N–H and O–H groups in total. The van der Waals surface area contributed by atoms with Gasteiger partial charge in [-0.15, -0.1) is 11.3 Å². The Morgan fingerprint density at radius 3 is 2.87 bits per heavy atom. The van der Waals surface area contributed by atoms with Crippen LogP contribution in [0.2, 0.25) is 0 Å². The van der Waals surface area contributed by atoms with Gasteiger partial charge in [0, 0.05) is 22.8 Å². The summed E-state index contributed by atoms with van der Waals surface area (Å²) in [6.45, 7) is 1.75. The molecular weight excluding hydrogens is 212 g/mol. The third kappa shape index (κ3) is 1.87. The summed E-state index contributed by atoms with van der Waals surface area (Å²) < 4.78 is 0. The van der Waals surface area contributed by atoms with Crippen molar-refractivity contribution in [3.8, 4) is 10.6 Å². The smallest absolute Gasteiger partial charge is 0.355 e. The molecule has 15 heavy (non-hydrogen) atoms. The highest BCUT2D eigenvalue weighted by atomic mass is 32.1. The first kappa shape index (κ1) is 9.79. The second kappa shape index (κ2) is 3.78. The van der Waals surface area contributed by atoms with Crippen LogP contribution >= 0.6 is 11.3 Å². The molecule has 0 fully saturated rings. The summed E-state index contributed by atoms with van der Waals surface area (Å²) in [6, 6.07) is 3.66. The average molecular weight is 220 g/mol. The molecular formula is C10H8N2O2S. The Hall–Kier alpha value is -1.75. The number of aryl methyl sites for hydroxylation is 1. The largest absolute Gasteiger partial charge is 0.476 e. The number of hydrogen-bond donors (Lipinski definition) is 1. The average Bonchev–Trinajstić information content (AvgIpc) is 2.62. The van der Waals surface area contributed by atoms with Crippen LogP contribution in [0.4, 0.5) is 0 Å². The molecule has 76 valence electrons. The molecule has 0 aliphatic carbocycles. The quantitative estimate of drug-likeness (QED) is 0.842. The van der Waals surface area contributed by atoms with E-state index in [2.05, 4.69) is 9.97 Å². The van der Waals surface area contributed by atoms with Crippen molar-refractivity contribution in [2.24, 2.45) is 0 Å². The normalized spacial score (nSPS) is 10.2. The zero-order chi connectivity index (χ0) is 10.8. The molecule has 0 saturated heterocycles. The predicted octanol–water partition coefficient (Wildman–Crippen LogP) is 2.21. The topological polar surface area (TPSA) is 63.1 Å². The van der Waals surface area contributed by atoms with Gasteiger partial charge in [-0.05, 0) is 19.1 Å². The SMILES string of the molecule is Cc1sc(-c2cccnc2)nc1C(=O)O. The lowest BCUT2D eigenvalue weighted by atomic mass is 10.3. The Kier molecular flexibility index (Phi) is 2.47. The monoisotopic (exact) mass is 220 g/mol. The van der Waals surface area contributed by atoms with Crippen LogP contribution in [0.15, 0.2) is 24.5 Å². The second-order valence-corrected chi connectivity index (χ2v) is 4.17. The highest BCUT2D eigenvalue weighted by Crippen LogP contribution is 2.26. The molecule has 4 nitrogen and oxygen atoms in total. The minimum Gasteiger partial charge on any atom is -0.476 e. The lowest BCUT2D eigenvalue weighted by Crippen LogP contribution is -1.98. The number of carboxylic acids is 1. The highest BCUT2D eigenvalue weighted by Gasteiger charge is 2.14. The number of carbonyl (C=O) groups is 1. The summed E-state index contributed by atoms with van der Waals surface area (Å²) in [5, 5.41) is 9.55. The van der Waals surface area contributed by atoms with Crippen molar-refractivity contribution in [1.29, 1.82) is 0 Å². The van der Waals surface area contributed by atoms with Crippen molar-refractivity contribution in [2.45, 2.75) is 6.92 Å². The van der Waals surface area contributed by atoms with Crippen LogP contribution in [0.5, 0.6) is 0 Å². The Morgan fingerprint density at radius 1 is 1.53 bits per heavy atom. The molecule has 0 atom stereocenters. The van der Waals surface area contributed by atoms with Crippen molar-refractivity contribution in [1.82, 2.24) is 9.97 Å². The minimum absolute atomic E-state index is 0.124. The summed E-state index contributed by atoms with van der Waals surface area (Å²) in [7, 11) is 0. The van der Waals surface area contributed by atoms with Crippen molar-refractivity contribution in [2.75, 3.05) is 0 Å². The van der Waals surface area contributed by atoms with E-state index in [1.54, 1.807) is 25.4 Å². The van der Waals surface area contributed by atoms with E-state index >= 15 is 0 Å². The Labute approximate surface area is 90.3 Å². The molecule has 5 heteroatoms. The van der Waals surface area contributed by atoms with E-state index in [0.717, 1.165) is 5.56 Å². The van der Waals surface area contributed by atoms with Gasteiger partial charge in [0.05, 0.1) is 0 Å². The number of aromatic carboxylic acids is 1. The highest BCUT2D eigenvalue weighted by molar-refractivity contribution is 7.15. The first-order chi connectivity index (χ1) is 7.18. The van der Waals surface area contributed by atoms with Crippen LogP contribution in [-0.2, 0) is 0 Å². The van der Waals surface area contributed by atoms with Crippen molar-refractivity contribution in [3.63, 3.8) is 0 Å². The maximum absolute atomic E-state index is 10.8. The maximum Gasteiger partial charge on any atom is 0.355 e. The Morgan fingerprint density at radius 2 is 2.33 bits per heavy atom. The zero-order valence-electron chi connectivity index (χ0n) is 7.97. The molecule has 0 amide bonds. The second-order valence-electron chi connectivity index (χ2n) is 2.97. The predicted molar refractivity (Wildman–Crippen MR) is 57.0 cm³/mol. The van der Waals surface area contributed by atoms with Gasteiger partial charge < -0.3 is 5.11 Å². The Balaban J connectivity index is 2.48.